The average Bonchev–Trinajstić information content (AvgIpc) is 3.38. The summed E-state index contributed by atoms with van der Waals surface area (Å²) in [6, 6.07) is 9.08. The number of nitrogens with one attached hydrogen (secondary N) is 1. The molecule has 4 fully saturated rings. The van der Waals surface area contributed by atoms with Crippen molar-refractivity contribution in [3.05, 3.63) is 53.9 Å². The maximum absolute atomic E-state index is 11.2. The first kappa shape index (κ1) is 22.4. The van der Waals surface area contributed by atoms with Gasteiger partial charge in [-0.05, 0) is 97.9 Å². The number of aliphatic hydroxyl groups excluding tert-OH is 2. The van der Waals surface area contributed by atoms with E-state index in [1.165, 1.54) is 35.6 Å². The number of ether oxygens (including phenoxy) is 1. The lowest BCUT2D eigenvalue weighted by Crippen LogP contribution is -2.61. The third-order valence-corrected chi connectivity index (χ3v) is 11.0. The zero-order valence-electron chi connectivity index (χ0n) is 20.9. The topological polar surface area (TPSA) is 74.6 Å². The van der Waals surface area contributed by atoms with Gasteiger partial charge >= 0.3 is 0 Å². The molecular formula is C30H38N2O3. The lowest BCUT2D eigenvalue weighted by atomic mass is 9.54. The predicted octanol–water partition coefficient (Wildman–Crippen LogP) is 4.33. The molecular weight excluding hydrogens is 436 g/mol. The van der Waals surface area contributed by atoms with Crippen LogP contribution in [0.5, 0.6) is 0 Å². The van der Waals surface area contributed by atoms with E-state index in [1.807, 2.05) is 19.4 Å². The fourth-order valence-corrected chi connectivity index (χ4v) is 9.46. The number of benzene rings is 1. The molecule has 35 heavy (non-hydrogen) atoms. The lowest BCUT2D eigenvalue weighted by Gasteiger charge is -2.58. The van der Waals surface area contributed by atoms with E-state index >= 15 is 0 Å². The average molecular weight is 475 g/mol. The van der Waals surface area contributed by atoms with Gasteiger partial charge in [-0.1, -0.05) is 25.1 Å². The number of pyridine rings is 1. The van der Waals surface area contributed by atoms with E-state index in [2.05, 4.69) is 47.6 Å². The molecule has 7 rings (SSSR count). The third kappa shape index (κ3) is 2.93. The second-order valence-electron chi connectivity index (χ2n) is 12.4. The van der Waals surface area contributed by atoms with Gasteiger partial charge in [-0.2, -0.15) is 0 Å². The van der Waals surface area contributed by atoms with Gasteiger partial charge in [0.2, 0.25) is 0 Å². The normalized spacial score (nSPS) is 46.1. The SMILES string of the molecule is CNC[C@H]1C[C@@]23CC[C@]4(O2)[C@@H]2CC[C@H](c5ccc6ccncc6c5)[C@@]2(C)CC[C@@H]4C=C3[C@@H](O)[C@@H]1O. The van der Waals surface area contributed by atoms with E-state index in [0.717, 1.165) is 31.3 Å². The zero-order chi connectivity index (χ0) is 24.0. The van der Waals surface area contributed by atoms with Crippen molar-refractivity contribution in [1.82, 2.24) is 10.3 Å². The molecule has 5 nitrogen and oxygen atoms in total. The van der Waals surface area contributed by atoms with E-state index in [4.69, 9.17) is 4.74 Å². The Bertz CT molecular complexity index is 1200. The minimum absolute atomic E-state index is 0.0105. The molecule has 2 aromatic rings. The highest BCUT2D eigenvalue weighted by Gasteiger charge is 2.69. The number of hydrogen-bond acceptors (Lipinski definition) is 5. The van der Waals surface area contributed by atoms with Gasteiger partial charge in [-0.25, -0.2) is 0 Å². The molecule has 3 saturated carbocycles. The van der Waals surface area contributed by atoms with Crippen molar-refractivity contribution < 1.29 is 14.9 Å². The molecule has 0 radical (unpaired) electrons. The molecule has 9 atom stereocenters. The molecule has 5 heteroatoms. The van der Waals surface area contributed by atoms with E-state index in [-0.39, 0.29) is 16.9 Å². The Hall–Kier alpha value is -1.79. The van der Waals surface area contributed by atoms with Crippen LogP contribution in [0.25, 0.3) is 10.8 Å². The van der Waals surface area contributed by atoms with Crippen LogP contribution in [0.2, 0.25) is 0 Å². The molecule has 5 aliphatic rings. The Labute approximate surface area is 208 Å². The maximum atomic E-state index is 11.2. The number of nitrogens with zero attached hydrogens (tertiary/aromatic N) is 1. The van der Waals surface area contributed by atoms with Crippen molar-refractivity contribution in [1.29, 1.82) is 0 Å². The molecule has 1 saturated heterocycles. The van der Waals surface area contributed by atoms with Crippen molar-refractivity contribution in [3.8, 4) is 0 Å². The Kier molecular flexibility index (Phi) is 4.87. The van der Waals surface area contributed by atoms with Crippen molar-refractivity contribution in [2.75, 3.05) is 13.6 Å². The Morgan fingerprint density at radius 1 is 1.09 bits per heavy atom. The van der Waals surface area contributed by atoms with Crippen molar-refractivity contribution >= 4 is 10.8 Å². The minimum atomic E-state index is -0.811. The van der Waals surface area contributed by atoms with Gasteiger partial charge in [-0.15, -0.1) is 0 Å². The molecule has 3 heterocycles. The van der Waals surface area contributed by atoms with Gasteiger partial charge in [0.05, 0.1) is 17.3 Å². The summed E-state index contributed by atoms with van der Waals surface area (Å²) in [6.45, 7) is 3.23. The lowest BCUT2D eigenvalue weighted by molar-refractivity contribution is -0.211. The van der Waals surface area contributed by atoms with E-state index in [0.29, 0.717) is 24.3 Å². The monoisotopic (exact) mass is 474 g/mol. The zero-order valence-corrected chi connectivity index (χ0v) is 20.9. The smallest absolute Gasteiger partial charge is 0.104 e. The molecule has 2 bridgehead atoms. The molecule has 3 N–H and O–H groups in total. The first-order valence-corrected chi connectivity index (χ1v) is 13.7. The summed E-state index contributed by atoms with van der Waals surface area (Å²) >= 11 is 0. The molecule has 0 amide bonds. The van der Waals surface area contributed by atoms with Gasteiger partial charge in [0, 0.05) is 36.2 Å². The molecule has 3 aliphatic carbocycles. The van der Waals surface area contributed by atoms with E-state index < -0.39 is 17.8 Å². The number of rotatable bonds is 3. The van der Waals surface area contributed by atoms with Crippen LogP contribution in [-0.4, -0.2) is 52.2 Å². The third-order valence-electron chi connectivity index (χ3n) is 11.0. The van der Waals surface area contributed by atoms with Gasteiger partial charge < -0.3 is 20.3 Å². The van der Waals surface area contributed by atoms with Crippen LogP contribution in [0.3, 0.4) is 0 Å². The van der Waals surface area contributed by atoms with Gasteiger partial charge in [0.25, 0.3) is 0 Å². The Morgan fingerprint density at radius 3 is 2.83 bits per heavy atom. The Morgan fingerprint density at radius 2 is 1.97 bits per heavy atom. The predicted molar refractivity (Wildman–Crippen MR) is 136 cm³/mol. The highest BCUT2D eigenvalue weighted by atomic mass is 16.5. The number of aromatic nitrogens is 1. The summed E-state index contributed by atoms with van der Waals surface area (Å²) in [5.41, 5.74) is 2.11. The van der Waals surface area contributed by atoms with Gasteiger partial charge in [0.15, 0.2) is 0 Å². The first-order valence-electron chi connectivity index (χ1n) is 13.7. The highest BCUT2D eigenvalue weighted by molar-refractivity contribution is 5.82. The summed E-state index contributed by atoms with van der Waals surface area (Å²) in [7, 11) is 1.92. The summed E-state index contributed by atoms with van der Waals surface area (Å²) in [5, 5.41) is 27.7. The highest BCUT2D eigenvalue weighted by Crippen LogP contribution is 2.70. The largest absolute Gasteiger partial charge is 0.390 e. The van der Waals surface area contributed by atoms with Crippen LogP contribution < -0.4 is 5.32 Å². The van der Waals surface area contributed by atoms with Crippen LogP contribution in [0.4, 0.5) is 0 Å². The fourth-order valence-electron chi connectivity index (χ4n) is 9.46. The Balaban J connectivity index is 1.25. The molecule has 2 spiro atoms. The van der Waals surface area contributed by atoms with Crippen LogP contribution in [0, 0.1) is 23.2 Å². The number of fused-ring (bicyclic) bond motifs is 2. The van der Waals surface area contributed by atoms with Crippen molar-refractivity contribution in [2.45, 2.75) is 81.2 Å². The van der Waals surface area contributed by atoms with Crippen LogP contribution in [-0.2, 0) is 4.74 Å². The maximum Gasteiger partial charge on any atom is 0.104 e. The molecule has 1 aromatic carbocycles. The summed E-state index contributed by atoms with van der Waals surface area (Å²) in [5.74, 6) is 1.41. The standard InChI is InChI=1S/C30H38N2O3/c1-28-9-7-22-14-24-27(34)26(33)21(16-31-2)15-29(24)10-11-30(22,35-29)25(28)6-5-23(28)19-4-3-18-8-12-32-17-20(18)13-19/h3-4,8,12-14,17,21-23,25-27,31,33-34H,5-7,9-11,15-16H2,1-2H3/t21-,22-,23-,25-,26-,27-,28-,29-,30-/m1/s1. The van der Waals surface area contributed by atoms with E-state index in [1.54, 1.807) is 0 Å². The van der Waals surface area contributed by atoms with Crippen LogP contribution >= 0.6 is 0 Å². The summed E-state index contributed by atoms with van der Waals surface area (Å²) in [6.07, 6.45) is 12.2. The molecule has 1 aromatic heterocycles. The van der Waals surface area contributed by atoms with Gasteiger partial charge in [0.1, 0.15) is 6.10 Å². The second kappa shape index (κ2) is 7.61. The minimum Gasteiger partial charge on any atom is -0.390 e. The first-order chi connectivity index (χ1) is 16.9. The van der Waals surface area contributed by atoms with Crippen LogP contribution in [0.1, 0.15) is 63.4 Å². The molecule has 2 aliphatic heterocycles. The van der Waals surface area contributed by atoms with Crippen LogP contribution in [0.15, 0.2) is 48.3 Å². The second-order valence-corrected chi connectivity index (χ2v) is 12.4. The number of hydrogen-bond donors (Lipinski definition) is 3. The van der Waals surface area contributed by atoms with Crippen molar-refractivity contribution in [2.24, 2.45) is 23.2 Å². The molecule has 186 valence electrons. The van der Waals surface area contributed by atoms with Gasteiger partial charge in [-0.3, -0.25) is 4.98 Å². The van der Waals surface area contributed by atoms with E-state index in [9.17, 15) is 10.2 Å². The molecule has 0 unspecified atom stereocenters. The number of aliphatic hydroxyl groups is 2. The quantitative estimate of drug-likeness (QED) is 0.578. The summed E-state index contributed by atoms with van der Waals surface area (Å²) < 4.78 is 7.33. The van der Waals surface area contributed by atoms with Crippen molar-refractivity contribution in [3.63, 3.8) is 0 Å². The fraction of sp³-hybridized carbons (Fsp3) is 0.633. The summed E-state index contributed by atoms with van der Waals surface area (Å²) in [4.78, 5) is 4.36.